The van der Waals surface area contributed by atoms with Crippen molar-refractivity contribution in [1.29, 1.82) is 0 Å². The van der Waals surface area contributed by atoms with Gasteiger partial charge in [-0.2, -0.15) is 13.2 Å². The molecule has 2 amide bonds. The lowest BCUT2D eigenvalue weighted by Gasteiger charge is -2.41. The molecule has 16 heteroatoms. The smallest absolute Gasteiger partial charge is 0.405 e. The number of thiophene rings is 1. The number of ether oxygens (including phenoxy) is 1. The topological polar surface area (TPSA) is 153 Å². The van der Waals surface area contributed by atoms with Gasteiger partial charge in [0.2, 0.25) is 11.8 Å². The van der Waals surface area contributed by atoms with Crippen molar-refractivity contribution in [1.82, 2.24) is 30.4 Å². The second-order valence-electron chi connectivity index (χ2n) is 12.7. The zero-order valence-corrected chi connectivity index (χ0v) is 28.4. The van der Waals surface area contributed by atoms with Crippen LogP contribution in [0.4, 0.5) is 13.2 Å². The van der Waals surface area contributed by atoms with Gasteiger partial charge in [0.05, 0.1) is 24.3 Å². The number of piperazine rings is 1. The molecule has 272 valence electrons. The third kappa shape index (κ3) is 9.71. The Bertz CT molecular complexity index is 1740. The quantitative estimate of drug-likeness (QED) is 0.162. The highest BCUT2D eigenvalue weighted by molar-refractivity contribution is 7.09. The standard InChI is InChI=1S/C35H39F3N6O6S/c36-35(37,38)20-41-34(48)28-18-43(17-25-7-8-30(50-25)23-14-39-21-40-15-23)9-10-44(28)16-24(45)12-22(13-26-4-3-11-51-26)33(47)42-32-27-5-1-2-6-31(27)49-19-29(32)46/h1-8,11,14-15,21-22,24,28-29,32,45-46H,9-10,12-13,16-20H2,(H,41,48)(H,42,47)/t22-,24-,28-,29+,32-/m0/s1. The number of benzene rings is 1. The van der Waals surface area contributed by atoms with Crippen LogP contribution in [0, 0.1) is 5.92 Å². The number of carbonyl (C=O) groups is 2. The minimum Gasteiger partial charge on any atom is -0.490 e. The molecule has 4 aromatic rings. The van der Waals surface area contributed by atoms with E-state index in [-0.39, 0.29) is 38.6 Å². The van der Waals surface area contributed by atoms with Gasteiger partial charge in [0.25, 0.3) is 0 Å². The number of aromatic nitrogens is 2. The lowest BCUT2D eigenvalue weighted by Crippen LogP contribution is -2.60. The summed E-state index contributed by atoms with van der Waals surface area (Å²) in [6, 6.07) is 12.7. The number of aliphatic hydroxyl groups is 2. The lowest BCUT2D eigenvalue weighted by atomic mass is 9.93. The molecule has 1 aromatic carbocycles. The maximum absolute atomic E-state index is 13.8. The van der Waals surface area contributed by atoms with E-state index < -0.39 is 48.8 Å². The summed E-state index contributed by atoms with van der Waals surface area (Å²) in [5.74, 6) is -0.170. The molecule has 0 radical (unpaired) electrons. The Morgan fingerprint density at radius 3 is 2.65 bits per heavy atom. The number of amides is 2. The summed E-state index contributed by atoms with van der Waals surface area (Å²) in [4.78, 5) is 39.5. The first-order chi connectivity index (χ1) is 24.5. The molecular weight excluding hydrogens is 689 g/mol. The molecule has 2 aliphatic rings. The molecule has 12 nitrogen and oxygen atoms in total. The van der Waals surface area contributed by atoms with E-state index in [0.717, 1.165) is 4.88 Å². The van der Waals surface area contributed by atoms with Crippen LogP contribution >= 0.6 is 11.3 Å². The third-order valence-corrected chi connectivity index (χ3v) is 9.87. The number of para-hydroxylation sites is 1. The molecule has 2 aliphatic heterocycles. The van der Waals surface area contributed by atoms with E-state index >= 15 is 0 Å². The fourth-order valence-electron chi connectivity index (χ4n) is 6.48. The zero-order chi connectivity index (χ0) is 36.0. The van der Waals surface area contributed by atoms with Gasteiger partial charge in [-0.25, -0.2) is 9.97 Å². The zero-order valence-electron chi connectivity index (χ0n) is 27.5. The molecule has 5 atom stereocenters. The minimum atomic E-state index is -4.60. The van der Waals surface area contributed by atoms with Gasteiger partial charge in [-0.15, -0.1) is 11.3 Å². The fourth-order valence-corrected chi connectivity index (χ4v) is 7.27. The second-order valence-corrected chi connectivity index (χ2v) is 13.8. The average Bonchev–Trinajstić information content (AvgIpc) is 3.81. The Morgan fingerprint density at radius 1 is 1.08 bits per heavy atom. The molecule has 0 aliphatic carbocycles. The van der Waals surface area contributed by atoms with E-state index in [4.69, 9.17) is 9.15 Å². The van der Waals surface area contributed by atoms with Crippen molar-refractivity contribution in [3.8, 4) is 17.1 Å². The summed E-state index contributed by atoms with van der Waals surface area (Å²) in [5, 5.41) is 29.0. The van der Waals surface area contributed by atoms with Crippen molar-refractivity contribution < 1.29 is 42.1 Å². The van der Waals surface area contributed by atoms with Crippen molar-refractivity contribution in [2.75, 3.05) is 39.3 Å². The van der Waals surface area contributed by atoms with Gasteiger partial charge in [0, 0.05) is 54.9 Å². The number of nitrogens with one attached hydrogen (secondary N) is 2. The number of fused-ring (bicyclic) bond motifs is 1. The highest BCUT2D eigenvalue weighted by Gasteiger charge is 2.38. The Morgan fingerprint density at radius 2 is 1.88 bits per heavy atom. The highest BCUT2D eigenvalue weighted by atomic mass is 32.1. The number of rotatable bonds is 13. The average molecular weight is 729 g/mol. The van der Waals surface area contributed by atoms with E-state index in [2.05, 4.69) is 15.3 Å². The molecule has 0 bridgehead atoms. The normalized spacial score (nSPS) is 20.9. The van der Waals surface area contributed by atoms with Gasteiger partial charge in [-0.1, -0.05) is 24.3 Å². The summed E-state index contributed by atoms with van der Waals surface area (Å²) in [6.07, 6.45) is -1.71. The van der Waals surface area contributed by atoms with Gasteiger partial charge in [0.1, 0.15) is 48.9 Å². The van der Waals surface area contributed by atoms with Gasteiger partial charge in [-0.3, -0.25) is 19.4 Å². The number of halogens is 3. The number of nitrogens with zero attached hydrogens (tertiary/aromatic N) is 4. The van der Waals surface area contributed by atoms with Gasteiger partial charge < -0.3 is 30.0 Å². The Hall–Kier alpha value is -4.35. The summed E-state index contributed by atoms with van der Waals surface area (Å²) < 4.78 is 50.8. The van der Waals surface area contributed by atoms with E-state index in [0.29, 0.717) is 47.9 Å². The fraction of sp³-hybridized carbons (Fsp3) is 0.429. The summed E-state index contributed by atoms with van der Waals surface area (Å²) in [6.45, 7) is -0.419. The van der Waals surface area contributed by atoms with Crippen LogP contribution in [0.2, 0.25) is 0 Å². The van der Waals surface area contributed by atoms with Crippen LogP contribution in [-0.4, -0.2) is 106 Å². The Kier molecular flexibility index (Phi) is 11.7. The first-order valence-corrected chi connectivity index (χ1v) is 17.5. The van der Waals surface area contributed by atoms with Gasteiger partial charge in [0.15, 0.2) is 0 Å². The van der Waals surface area contributed by atoms with Crippen molar-refractivity contribution in [3.05, 3.63) is 88.8 Å². The first kappa shape index (κ1) is 36.4. The van der Waals surface area contributed by atoms with Crippen molar-refractivity contribution in [2.24, 2.45) is 5.92 Å². The summed E-state index contributed by atoms with van der Waals surface area (Å²) >= 11 is 1.47. The molecule has 5 heterocycles. The lowest BCUT2D eigenvalue weighted by molar-refractivity contribution is -0.143. The van der Waals surface area contributed by atoms with Crippen LogP contribution in [-0.2, 0) is 22.6 Å². The van der Waals surface area contributed by atoms with Crippen LogP contribution < -0.4 is 15.4 Å². The molecule has 0 spiro atoms. The van der Waals surface area contributed by atoms with E-state index in [1.54, 1.807) is 53.7 Å². The van der Waals surface area contributed by atoms with E-state index in [1.807, 2.05) is 27.7 Å². The molecule has 0 saturated carbocycles. The second kappa shape index (κ2) is 16.3. The summed E-state index contributed by atoms with van der Waals surface area (Å²) in [5.41, 5.74) is 1.33. The first-order valence-electron chi connectivity index (χ1n) is 16.6. The largest absolute Gasteiger partial charge is 0.490 e. The Balaban J connectivity index is 1.13. The van der Waals surface area contributed by atoms with Crippen LogP contribution in [0.25, 0.3) is 11.3 Å². The summed E-state index contributed by atoms with van der Waals surface area (Å²) in [7, 11) is 0. The maximum atomic E-state index is 13.8. The molecule has 3 aromatic heterocycles. The molecule has 4 N–H and O–H groups in total. The number of hydrogen-bond donors (Lipinski definition) is 4. The van der Waals surface area contributed by atoms with E-state index in [1.165, 1.54) is 17.7 Å². The molecule has 6 rings (SSSR count). The number of alkyl halides is 3. The molecular formula is C35H39F3N6O6S. The van der Waals surface area contributed by atoms with E-state index in [9.17, 15) is 33.0 Å². The molecule has 51 heavy (non-hydrogen) atoms. The predicted molar refractivity (Wildman–Crippen MR) is 180 cm³/mol. The number of carbonyl (C=O) groups excluding carboxylic acids is 2. The molecule has 1 fully saturated rings. The van der Waals surface area contributed by atoms with Crippen molar-refractivity contribution >= 4 is 23.2 Å². The van der Waals surface area contributed by atoms with Crippen LogP contribution in [0.5, 0.6) is 5.75 Å². The minimum absolute atomic E-state index is 0.00696. The van der Waals surface area contributed by atoms with Crippen LogP contribution in [0.15, 0.2) is 77.0 Å². The third-order valence-electron chi connectivity index (χ3n) is 8.97. The highest BCUT2D eigenvalue weighted by Crippen LogP contribution is 2.33. The van der Waals surface area contributed by atoms with Crippen molar-refractivity contribution in [3.63, 3.8) is 0 Å². The predicted octanol–water partition coefficient (Wildman–Crippen LogP) is 3.18. The Labute approximate surface area is 296 Å². The molecule has 1 saturated heterocycles. The monoisotopic (exact) mass is 728 g/mol. The SMILES string of the molecule is O=C(N[C@H]1c2ccccc2OC[C@H]1O)[C@H](Cc1cccs1)C[C@H](O)CN1CCN(Cc2ccc(-c3cncnc3)o2)C[C@H]1C(=O)NCC(F)(F)F. The maximum Gasteiger partial charge on any atom is 0.405 e. The van der Waals surface area contributed by atoms with Crippen LogP contribution in [0.3, 0.4) is 0 Å². The van der Waals surface area contributed by atoms with Gasteiger partial charge in [-0.05, 0) is 42.5 Å². The number of furan rings is 1. The number of β-amino-alcohol motifs (C(OH)–C–C–N with tert-alkyl or cyclic N) is 1. The van der Waals surface area contributed by atoms with Crippen molar-refractivity contribution in [2.45, 2.75) is 49.9 Å². The van der Waals surface area contributed by atoms with Crippen LogP contribution in [0.1, 0.15) is 28.7 Å². The number of aliphatic hydroxyl groups excluding tert-OH is 2. The number of hydrogen-bond acceptors (Lipinski definition) is 11. The molecule has 0 unspecified atom stereocenters. The van der Waals surface area contributed by atoms with Gasteiger partial charge >= 0.3 is 6.18 Å².